The maximum atomic E-state index is 3.58. The van der Waals surface area contributed by atoms with Crippen molar-refractivity contribution in [2.45, 2.75) is 13.1 Å². The molecular formula is C10H9BrN2. The lowest BCUT2D eigenvalue weighted by Gasteiger charge is -1.96. The molecule has 1 aromatic carbocycles. The third-order valence-electron chi connectivity index (χ3n) is 2.57. The Labute approximate surface area is 84.5 Å². The number of H-pyrrole nitrogens is 1. The largest absolute Gasteiger partial charge is 0.357 e. The van der Waals surface area contributed by atoms with Crippen molar-refractivity contribution in [3.05, 3.63) is 33.9 Å². The maximum absolute atomic E-state index is 3.58. The first-order valence-electron chi connectivity index (χ1n) is 4.35. The highest BCUT2D eigenvalue weighted by atomic mass is 79.9. The summed E-state index contributed by atoms with van der Waals surface area (Å²) >= 11 is 3.58. The molecule has 0 unspecified atom stereocenters. The fourth-order valence-electron chi connectivity index (χ4n) is 1.98. The molecule has 0 saturated carbocycles. The molecule has 2 heterocycles. The summed E-state index contributed by atoms with van der Waals surface area (Å²) in [5, 5.41) is 4.67. The third kappa shape index (κ3) is 0.974. The van der Waals surface area contributed by atoms with Crippen molar-refractivity contribution in [3.8, 4) is 0 Å². The highest BCUT2D eigenvalue weighted by Gasteiger charge is 2.17. The number of fused-ring (bicyclic) bond motifs is 3. The number of halogens is 1. The summed E-state index contributed by atoms with van der Waals surface area (Å²) < 4.78 is 1.19. The highest BCUT2D eigenvalue weighted by Crippen LogP contribution is 2.31. The van der Waals surface area contributed by atoms with Gasteiger partial charge in [-0.15, -0.1) is 0 Å². The first-order valence-corrected chi connectivity index (χ1v) is 5.14. The molecule has 0 saturated heterocycles. The van der Waals surface area contributed by atoms with Gasteiger partial charge in [-0.3, -0.25) is 0 Å². The zero-order valence-corrected chi connectivity index (χ0v) is 8.61. The van der Waals surface area contributed by atoms with Gasteiger partial charge in [0.1, 0.15) is 0 Å². The van der Waals surface area contributed by atoms with E-state index in [2.05, 4.69) is 44.4 Å². The second-order valence-corrected chi connectivity index (χ2v) is 4.20. The average Bonchev–Trinajstić information content (AvgIpc) is 2.62. The summed E-state index contributed by atoms with van der Waals surface area (Å²) in [6.45, 7) is 1.95. The van der Waals surface area contributed by atoms with Crippen molar-refractivity contribution < 1.29 is 0 Å². The fourth-order valence-corrected chi connectivity index (χ4v) is 2.59. The Morgan fingerprint density at radius 3 is 3.08 bits per heavy atom. The van der Waals surface area contributed by atoms with Gasteiger partial charge in [-0.1, -0.05) is 22.0 Å². The van der Waals surface area contributed by atoms with Gasteiger partial charge in [-0.05, 0) is 17.7 Å². The van der Waals surface area contributed by atoms with Crippen molar-refractivity contribution in [1.82, 2.24) is 10.3 Å². The molecule has 2 nitrogen and oxygen atoms in total. The van der Waals surface area contributed by atoms with Gasteiger partial charge in [0.05, 0.1) is 0 Å². The molecule has 0 amide bonds. The molecule has 1 aliphatic rings. The Kier molecular flexibility index (Phi) is 1.51. The van der Waals surface area contributed by atoms with E-state index in [1.807, 2.05) is 0 Å². The van der Waals surface area contributed by atoms with Crippen molar-refractivity contribution in [3.63, 3.8) is 0 Å². The molecule has 0 spiro atoms. The average molecular weight is 237 g/mol. The first-order chi connectivity index (χ1) is 6.36. The number of hydrogen-bond donors (Lipinski definition) is 2. The van der Waals surface area contributed by atoms with Crippen molar-refractivity contribution in [2.24, 2.45) is 0 Å². The molecule has 13 heavy (non-hydrogen) atoms. The van der Waals surface area contributed by atoms with Crippen LogP contribution < -0.4 is 5.32 Å². The number of aromatic amines is 1. The molecule has 0 fully saturated rings. The van der Waals surface area contributed by atoms with Crippen LogP contribution >= 0.6 is 15.9 Å². The van der Waals surface area contributed by atoms with Crippen LogP contribution in [0.15, 0.2) is 22.7 Å². The summed E-state index contributed by atoms with van der Waals surface area (Å²) in [5.74, 6) is 0. The van der Waals surface area contributed by atoms with Gasteiger partial charge in [0.15, 0.2) is 0 Å². The maximum Gasteiger partial charge on any atom is 0.0471 e. The van der Waals surface area contributed by atoms with E-state index >= 15 is 0 Å². The fraction of sp³-hybridized carbons (Fsp3) is 0.200. The van der Waals surface area contributed by atoms with E-state index in [9.17, 15) is 0 Å². The number of nitrogens with one attached hydrogen (secondary N) is 2. The molecule has 0 bridgehead atoms. The minimum atomic E-state index is 0.969. The number of hydrogen-bond acceptors (Lipinski definition) is 1. The molecule has 3 heteroatoms. The summed E-state index contributed by atoms with van der Waals surface area (Å²) in [6, 6.07) is 6.28. The van der Waals surface area contributed by atoms with Crippen LogP contribution in [0.2, 0.25) is 0 Å². The molecule has 1 aromatic heterocycles. The summed E-state index contributed by atoms with van der Waals surface area (Å²) in [7, 11) is 0. The predicted octanol–water partition coefficient (Wildman–Crippen LogP) is 2.53. The Hall–Kier alpha value is -0.800. The van der Waals surface area contributed by atoms with Crippen LogP contribution in [-0.4, -0.2) is 4.98 Å². The Morgan fingerprint density at radius 2 is 2.15 bits per heavy atom. The lowest BCUT2D eigenvalue weighted by atomic mass is 10.1. The predicted molar refractivity (Wildman–Crippen MR) is 56.5 cm³/mol. The van der Waals surface area contributed by atoms with Gasteiger partial charge in [0, 0.05) is 34.2 Å². The number of benzene rings is 1. The van der Waals surface area contributed by atoms with Crippen LogP contribution in [-0.2, 0) is 13.1 Å². The first kappa shape index (κ1) is 7.59. The second kappa shape index (κ2) is 2.59. The molecule has 0 atom stereocenters. The van der Waals surface area contributed by atoms with Crippen molar-refractivity contribution >= 4 is 26.8 Å². The topological polar surface area (TPSA) is 27.8 Å². The SMILES string of the molecule is Brc1cccc2[nH]c3c(c12)CNC3. The zero-order chi connectivity index (χ0) is 8.84. The molecule has 3 rings (SSSR count). The van der Waals surface area contributed by atoms with E-state index in [1.165, 1.54) is 26.6 Å². The minimum Gasteiger partial charge on any atom is -0.357 e. The van der Waals surface area contributed by atoms with Crippen LogP contribution in [0, 0.1) is 0 Å². The van der Waals surface area contributed by atoms with Crippen LogP contribution in [0.4, 0.5) is 0 Å². The van der Waals surface area contributed by atoms with Gasteiger partial charge >= 0.3 is 0 Å². The number of rotatable bonds is 0. The van der Waals surface area contributed by atoms with E-state index in [4.69, 9.17) is 0 Å². The lowest BCUT2D eigenvalue weighted by molar-refractivity contribution is 0.757. The third-order valence-corrected chi connectivity index (χ3v) is 3.23. The zero-order valence-electron chi connectivity index (χ0n) is 7.02. The van der Waals surface area contributed by atoms with Crippen molar-refractivity contribution in [2.75, 3.05) is 0 Å². The molecular weight excluding hydrogens is 228 g/mol. The Balaban J connectivity index is 2.46. The minimum absolute atomic E-state index is 0.969. The van der Waals surface area contributed by atoms with Crippen LogP contribution in [0.3, 0.4) is 0 Å². The second-order valence-electron chi connectivity index (χ2n) is 3.35. The van der Waals surface area contributed by atoms with Crippen LogP contribution in [0.25, 0.3) is 10.9 Å². The van der Waals surface area contributed by atoms with Crippen LogP contribution in [0.5, 0.6) is 0 Å². The van der Waals surface area contributed by atoms with Crippen molar-refractivity contribution in [1.29, 1.82) is 0 Å². The summed E-state index contributed by atoms with van der Waals surface area (Å²) in [6.07, 6.45) is 0. The van der Waals surface area contributed by atoms with Gasteiger partial charge in [0.25, 0.3) is 0 Å². The van der Waals surface area contributed by atoms with Crippen LogP contribution in [0.1, 0.15) is 11.3 Å². The Bertz CT molecular complexity index is 473. The summed E-state index contributed by atoms with van der Waals surface area (Å²) in [4.78, 5) is 3.42. The van der Waals surface area contributed by atoms with E-state index < -0.39 is 0 Å². The van der Waals surface area contributed by atoms with E-state index in [1.54, 1.807) is 0 Å². The molecule has 2 N–H and O–H groups in total. The normalized spacial score (nSPS) is 15.2. The molecule has 66 valence electrons. The van der Waals surface area contributed by atoms with Gasteiger partial charge in [0.2, 0.25) is 0 Å². The van der Waals surface area contributed by atoms with Gasteiger partial charge < -0.3 is 10.3 Å². The number of aromatic nitrogens is 1. The quantitative estimate of drug-likeness (QED) is 0.723. The van der Waals surface area contributed by atoms with E-state index in [0.717, 1.165) is 13.1 Å². The summed E-state index contributed by atoms with van der Waals surface area (Å²) in [5.41, 5.74) is 3.99. The van der Waals surface area contributed by atoms with Gasteiger partial charge in [-0.25, -0.2) is 0 Å². The van der Waals surface area contributed by atoms with E-state index in [-0.39, 0.29) is 0 Å². The molecule has 2 aromatic rings. The monoisotopic (exact) mass is 236 g/mol. The highest BCUT2D eigenvalue weighted by molar-refractivity contribution is 9.10. The lowest BCUT2D eigenvalue weighted by Crippen LogP contribution is -2.01. The standard InChI is InChI=1S/C10H9BrN2/c11-7-2-1-3-8-10(7)6-4-12-5-9(6)13-8/h1-3,12-13H,4-5H2. The van der Waals surface area contributed by atoms with E-state index in [0.29, 0.717) is 0 Å². The molecule has 0 aliphatic carbocycles. The van der Waals surface area contributed by atoms with Gasteiger partial charge in [-0.2, -0.15) is 0 Å². The Morgan fingerprint density at radius 1 is 1.23 bits per heavy atom. The molecule has 1 aliphatic heterocycles. The molecule has 0 radical (unpaired) electrons. The smallest absolute Gasteiger partial charge is 0.0471 e.